The number of rotatable bonds is 24. The molecule has 0 unspecified atom stereocenters. The first-order valence-electron chi connectivity index (χ1n) is 42.8. The second kappa shape index (κ2) is 96.8. The van der Waals surface area contributed by atoms with E-state index in [4.69, 9.17) is 37.9 Å². The van der Waals surface area contributed by atoms with Gasteiger partial charge in [-0.25, -0.2) is 0 Å². The summed E-state index contributed by atoms with van der Waals surface area (Å²) in [5.74, 6) is 12.7. The zero-order valence-corrected chi connectivity index (χ0v) is 81.4. The van der Waals surface area contributed by atoms with Gasteiger partial charge in [0.1, 0.15) is 46.0 Å². The Morgan fingerprint density at radius 1 is 0.192 bits per heavy atom. The van der Waals surface area contributed by atoms with Crippen molar-refractivity contribution in [3.63, 3.8) is 0 Å². The lowest BCUT2D eigenvalue weighted by Gasteiger charge is -2.08. The Labute approximate surface area is 735 Å². The number of benzene rings is 9. The molecule has 0 amide bonds. The first-order valence-corrected chi connectivity index (χ1v) is 42.8. The van der Waals surface area contributed by atoms with Crippen LogP contribution < -0.4 is 37.9 Å². The molecule has 0 aliphatic rings. The molecule has 0 aliphatic heterocycles. The molecule has 14 nitrogen and oxygen atoms in total. The molecule has 9 rings (SSSR count). The molecule has 0 saturated heterocycles. The lowest BCUT2D eigenvalue weighted by atomic mass is 10.0. The SMILES string of the molecule is CC#CCC.CCOC.CCOC.CCOC.CCOC.CCOC.CCOC.CCOc1cc(C)cc(OCC)c1.CCOc1cc(C)cc(OCC)c1.CCOc1cc(C)cc(OCC)c1.CCOc1cc(C)cc(OCC)c1.CCc1cc(C)cc(CC)c1.Cc1ccccc1.Cc1ccccc1.Cc1ccccc1.Cc1ccccc1. The topological polar surface area (TPSA) is 129 Å². The molecule has 0 bridgehead atoms. The molecule has 676 valence electrons. The van der Waals surface area contributed by atoms with Gasteiger partial charge in [0, 0.05) is 113 Å². The zero-order valence-electron chi connectivity index (χ0n) is 81.4. The predicted octanol–water partition coefficient (Wildman–Crippen LogP) is 27.6. The van der Waals surface area contributed by atoms with Crippen LogP contribution >= 0.6 is 0 Å². The Balaban J connectivity index is -0.000000232. The highest BCUT2D eigenvalue weighted by molar-refractivity contribution is 5.41. The minimum atomic E-state index is 0.690. The maximum Gasteiger partial charge on any atom is 0.123 e. The van der Waals surface area contributed by atoms with Gasteiger partial charge >= 0.3 is 0 Å². The summed E-state index contributed by atoms with van der Waals surface area (Å²) in [6.45, 7) is 64.9. The number of hydrogen-bond donors (Lipinski definition) is 0. The molecule has 0 radical (unpaired) electrons. The van der Waals surface area contributed by atoms with E-state index < -0.39 is 0 Å². The van der Waals surface area contributed by atoms with Crippen molar-refractivity contribution in [2.75, 3.05) is 135 Å². The van der Waals surface area contributed by atoms with Crippen molar-refractivity contribution < 1.29 is 66.3 Å². The molecule has 0 spiro atoms. The van der Waals surface area contributed by atoms with E-state index in [0.717, 1.165) is 127 Å². The van der Waals surface area contributed by atoms with Gasteiger partial charge in [0.05, 0.1) is 52.9 Å². The summed E-state index contributed by atoms with van der Waals surface area (Å²) >= 11 is 0. The molecule has 0 atom stereocenters. The Bertz CT molecular complexity index is 3070. The Morgan fingerprint density at radius 2 is 0.342 bits per heavy atom. The van der Waals surface area contributed by atoms with Crippen LogP contribution in [0.1, 0.15) is 192 Å². The standard InChI is InChI=1S/4C11H16O2.C11H16.4C7H8.C5H8.6C3H8O/c4*1-4-12-10-6-9(3)7-11(8-10)13-5-2;1-4-10-6-9(3)7-11(5-2)8-10;4*1-7-5-3-2-4-6-7;1-3-5-4-2;6*1-3-4-2/h4*6-8H,4-5H2,1-3H3;6-8H,4-5H2,1-3H3;4*2-6H,1H3;3H2,1-2H3;6*3H2,1-2H3. The quantitative estimate of drug-likeness (QED) is 0.0532. The average Bonchev–Trinajstić information content (AvgIpc) is 0.903. The van der Waals surface area contributed by atoms with Crippen molar-refractivity contribution in [3.05, 3.63) is 274 Å². The molecule has 0 saturated carbocycles. The van der Waals surface area contributed by atoms with E-state index in [2.05, 4.69) is 155 Å². The van der Waals surface area contributed by atoms with Crippen LogP contribution in [0.2, 0.25) is 0 Å². The van der Waals surface area contributed by atoms with Gasteiger partial charge in [-0.15, -0.1) is 11.8 Å². The molecule has 14 heteroatoms. The van der Waals surface area contributed by atoms with Gasteiger partial charge in [-0.05, 0) is 261 Å². The smallest absolute Gasteiger partial charge is 0.123 e. The number of aryl methyl sites for hydroxylation is 11. The number of ether oxygens (including phenoxy) is 14. The lowest BCUT2D eigenvalue weighted by molar-refractivity contribution is 0.215. The molecule has 9 aromatic carbocycles. The van der Waals surface area contributed by atoms with E-state index in [1.54, 1.807) is 42.7 Å². The van der Waals surface area contributed by atoms with Crippen LogP contribution in [0.5, 0.6) is 46.0 Å². The van der Waals surface area contributed by atoms with E-state index in [1.165, 1.54) is 38.9 Å². The van der Waals surface area contributed by atoms with Crippen molar-refractivity contribution in [1.29, 1.82) is 0 Å². The second-order valence-corrected chi connectivity index (χ2v) is 25.3. The van der Waals surface area contributed by atoms with Gasteiger partial charge < -0.3 is 66.3 Å². The van der Waals surface area contributed by atoms with Crippen molar-refractivity contribution in [1.82, 2.24) is 0 Å². The summed E-state index contributed by atoms with van der Waals surface area (Å²) in [6.07, 6.45) is 3.28. The highest BCUT2D eigenvalue weighted by atomic mass is 16.5. The molecule has 9 aromatic rings. The van der Waals surface area contributed by atoms with Crippen LogP contribution in [0.15, 0.2) is 212 Å². The summed E-state index contributed by atoms with van der Waals surface area (Å²) in [5, 5.41) is 0. The van der Waals surface area contributed by atoms with E-state index in [0.29, 0.717) is 52.9 Å². The van der Waals surface area contributed by atoms with Crippen molar-refractivity contribution in [3.8, 4) is 57.8 Å². The minimum absolute atomic E-state index is 0.690. The Kier molecular flexibility index (Phi) is 100.0. The number of hydrogen-bond acceptors (Lipinski definition) is 14. The maximum absolute atomic E-state index is 5.39. The molecule has 0 heterocycles. The number of methoxy groups -OCH3 is 6. The fraction of sp³-hybridized carbons (Fsp3) is 0.472. The fourth-order valence-electron chi connectivity index (χ4n) is 8.53. The predicted molar refractivity (Wildman–Crippen MR) is 518 cm³/mol. The highest BCUT2D eigenvalue weighted by Gasteiger charge is 2.03. The Hall–Kier alpha value is -9.30. The second-order valence-electron chi connectivity index (χ2n) is 25.3. The summed E-state index contributed by atoms with van der Waals surface area (Å²) in [4.78, 5) is 0. The summed E-state index contributed by atoms with van der Waals surface area (Å²) in [5.41, 5.74) is 14.2. The minimum Gasteiger partial charge on any atom is -0.494 e. The van der Waals surface area contributed by atoms with Gasteiger partial charge in [0.15, 0.2) is 0 Å². The third-order valence-electron chi connectivity index (χ3n) is 14.4. The third kappa shape index (κ3) is 89.5. The largest absolute Gasteiger partial charge is 0.494 e. The van der Waals surface area contributed by atoms with Crippen molar-refractivity contribution >= 4 is 0 Å². The van der Waals surface area contributed by atoms with Gasteiger partial charge in [-0.2, -0.15) is 0 Å². The molecule has 0 fully saturated rings. The van der Waals surface area contributed by atoms with Crippen LogP contribution in [-0.2, 0) is 41.3 Å². The Morgan fingerprint density at radius 3 is 0.433 bits per heavy atom. The summed E-state index contributed by atoms with van der Waals surface area (Å²) in [6, 6.07) is 71.6. The fourth-order valence-corrected chi connectivity index (χ4v) is 8.53. The molecular formula is C106H168O14. The third-order valence-corrected chi connectivity index (χ3v) is 14.4. The summed E-state index contributed by atoms with van der Waals surface area (Å²) < 4.78 is 70.4. The van der Waals surface area contributed by atoms with Crippen LogP contribution in [0.4, 0.5) is 0 Å². The van der Waals surface area contributed by atoms with Gasteiger partial charge in [-0.3, -0.25) is 0 Å². The monoisotopic (exact) mass is 1670 g/mol. The molecule has 0 N–H and O–H groups in total. The molecule has 0 aliphatic carbocycles. The van der Waals surface area contributed by atoms with E-state index in [-0.39, 0.29) is 0 Å². The van der Waals surface area contributed by atoms with Crippen LogP contribution in [0.3, 0.4) is 0 Å². The average molecular weight is 1670 g/mol. The van der Waals surface area contributed by atoms with E-state index in [9.17, 15) is 0 Å². The van der Waals surface area contributed by atoms with Gasteiger partial charge in [0.25, 0.3) is 0 Å². The van der Waals surface area contributed by atoms with Crippen molar-refractivity contribution in [2.45, 2.75) is 206 Å². The maximum atomic E-state index is 5.39. The van der Waals surface area contributed by atoms with E-state index >= 15 is 0 Å². The molecule has 120 heavy (non-hydrogen) atoms. The molecular weight excluding hydrogens is 1500 g/mol. The van der Waals surface area contributed by atoms with Crippen molar-refractivity contribution in [2.24, 2.45) is 0 Å². The van der Waals surface area contributed by atoms with Crippen LogP contribution in [-0.4, -0.2) is 135 Å². The lowest BCUT2D eigenvalue weighted by Crippen LogP contribution is -1.95. The van der Waals surface area contributed by atoms with Gasteiger partial charge in [-0.1, -0.05) is 188 Å². The van der Waals surface area contributed by atoms with Crippen LogP contribution in [0.25, 0.3) is 0 Å². The normalized spacial score (nSPS) is 8.91. The van der Waals surface area contributed by atoms with E-state index in [1.807, 2.05) is 284 Å². The summed E-state index contributed by atoms with van der Waals surface area (Å²) in [7, 11) is 10.1. The first kappa shape index (κ1) is 124. The first-order chi connectivity index (χ1) is 57.8. The van der Waals surface area contributed by atoms with Crippen LogP contribution in [0, 0.1) is 74.2 Å². The zero-order chi connectivity index (χ0) is 92.1. The van der Waals surface area contributed by atoms with Gasteiger partial charge in [0.2, 0.25) is 0 Å². The highest BCUT2D eigenvalue weighted by Crippen LogP contribution is 2.26. The molecule has 0 aromatic heterocycles.